The van der Waals surface area contributed by atoms with Gasteiger partial charge in [-0.25, -0.2) is 9.37 Å². The van der Waals surface area contributed by atoms with Crippen LogP contribution in [0.5, 0.6) is 0 Å². The van der Waals surface area contributed by atoms with E-state index in [-0.39, 0.29) is 17.4 Å². The van der Waals surface area contributed by atoms with Crippen molar-refractivity contribution in [2.75, 3.05) is 5.32 Å². The second-order valence-electron chi connectivity index (χ2n) is 6.41. The molecule has 1 aromatic rings. The molecule has 1 rings (SSSR count). The second kappa shape index (κ2) is 6.33. The van der Waals surface area contributed by atoms with Crippen LogP contribution in [0, 0.1) is 11.7 Å². The van der Waals surface area contributed by atoms with Crippen LogP contribution in [0.1, 0.15) is 47.1 Å². The lowest BCUT2D eigenvalue weighted by Gasteiger charge is -2.22. The number of aromatic nitrogens is 1. The summed E-state index contributed by atoms with van der Waals surface area (Å²) < 4.78 is 14.3. The highest BCUT2D eigenvalue weighted by atomic mass is 19.1. The third-order valence-electron chi connectivity index (χ3n) is 3.14. The zero-order chi connectivity index (χ0) is 14.6. The van der Waals surface area contributed by atoms with E-state index in [1.165, 1.54) is 0 Å². The summed E-state index contributed by atoms with van der Waals surface area (Å²) in [5, 5.41) is 6.42. The van der Waals surface area contributed by atoms with Gasteiger partial charge < -0.3 is 10.6 Å². The summed E-state index contributed by atoms with van der Waals surface area (Å²) in [6.07, 6.45) is 1.65. The van der Waals surface area contributed by atoms with E-state index in [0.29, 0.717) is 23.8 Å². The van der Waals surface area contributed by atoms with Crippen LogP contribution < -0.4 is 10.6 Å². The lowest BCUT2D eigenvalue weighted by atomic mass is 10.1. The van der Waals surface area contributed by atoms with Crippen molar-refractivity contribution in [1.29, 1.82) is 0 Å². The van der Waals surface area contributed by atoms with Crippen molar-refractivity contribution in [3.63, 3.8) is 0 Å². The Morgan fingerprint density at radius 2 is 1.89 bits per heavy atom. The number of hydrogen-bond donors (Lipinski definition) is 2. The van der Waals surface area contributed by atoms with E-state index in [0.717, 1.165) is 0 Å². The highest BCUT2D eigenvalue weighted by Crippen LogP contribution is 2.18. The molecular formula is C15H26FN3. The summed E-state index contributed by atoms with van der Waals surface area (Å²) in [7, 11) is 0. The zero-order valence-electron chi connectivity index (χ0n) is 12.8. The fourth-order valence-corrected chi connectivity index (χ4v) is 1.46. The van der Waals surface area contributed by atoms with Gasteiger partial charge in [-0.15, -0.1) is 0 Å². The highest BCUT2D eigenvalue weighted by Gasteiger charge is 2.15. The fourth-order valence-electron chi connectivity index (χ4n) is 1.46. The first kappa shape index (κ1) is 15.9. The number of anilines is 1. The number of rotatable bonds is 5. The van der Waals surface area contributed by atoms with Crippen LogP contribution in [0.4, 0.5) is 10.2 Å². The maximum absolute atomic E-state index is 14.3. The Labute approximate surface area is 116 Å². The molecule has 0 radical (unpaired) electrons. The quantitative estimate of drug-likeness (QED) is 0.856. The Balaban J connectivity index is 2.80. The van der Waals surface area contributed by atoms with Crippen LogP contribution in [-0.4, -0.2) is 16.6 Å². The van der Waals surface area contributed by atoms with Gasteiger partial charge in [-0.3, -0.25) is 0 Å². The van der Waals surface area contributed by atoms with Crippen molar-refractivity contribution < 1.29 is 4.39 Å². The molecule has 0 saturated carbocycles. The van der Waals surface area contributed by atoms with Gasteiger partial charge >= 0.3 is 0 Å². The first-order valence-corrected chi connectivity index (χ1v) is 6.85. The smallest absolute Gasteiger partial charge is 0.169 e. The standard InChI is InChI=1S/C15H26FN3/c1-10(2)11(3)19-14-13(16)12(7-8-17-14)9-18-15(4,5)6/h7-8,10-11,18H,9H2,1-6H3,(H,17,19). The van der Waals surface area contributed by atoms with Crippen molar-refractivity contribution in [2.45, 2.75) is 59.7 Å². The third kappa shape index (κ3) is 5.15. The zero-order valence-corrected chi connectivity index (χ0v) is 12.8. The van der Waals surface area contributed by atoms with Crippen LogP contribution in [0.25, 0.3) is 0 Å². The highest BCUT2D eigenvalue weighted by molar-refractivity contribution is 5.40. The molecule has 0 aliphatic carbocycles. The predicted octanol–water partition coefficient (Wildman–Crippen LogP) is 3.57. The van der Waals surface area contributed by atoms with Crippen molar-refractivity contribution >= 4 is 5.82 Å². The first-order chi connectivity index (χ1) is 8.70. The molecule has 0 aromatic carbocycles. The van der Waals surface area contributed by atoms with Crippen LogP contribution >= 0.6 is 0 Å². The largest absolute Gasteiger partial charge is 0.365 e. The van der Waals surface area contributed by atoms with E-state index in [1.54, 1.807) is 12.3 Å². The average Bonchev–Trinajstić information content (AvgIpc) is 2.28. The monoisotopic (exact) mass is 267 g/mol. The Morgan fingerprint density at radius 1 is 1.26 bits per heavy atom. The number of hydrogen-bond acceptors (Lipinski definition) is 3. The van der Waals surface area contributed by atoms with Gasteiger partial charge in [0.1, 0.15) is 0 Å². The van der Waals surface area contributed by atoms with Crippen LogP contribution in [0.15, 0.2) is 12.3 Å². The third-order valence-corrected chi connectivity index (χ3v) is 3.14. The van der Waals surface area contributed by atoms with Gasteiger partial charge in [0.25, 0.3) is 0 Å². The summed E-state index contributed by atoms with van der Waals surface area (Å²) in [5.74, 6) is 0.513. The molecule has 2 N–H and O–H groups in total. The molecule has 1 aromatic heterocycles. The summed E-state index contributed by atoms with van der Waals surface area (Å²) in [6.45, 7) is 12.9. The van der Waals surface area contributed by atoms with Gasteiger partial charge in [-0.05, 0) is 39.7 Å². The molecule has 0 fully saturated rings. The van der Waals surface area contributed by atoms with Crippen molar-refractivity contribution in [3.05, 3.63) is 23.6 Å². The maximum atomic E-state index is 14.3. The topological polar surface area (TPSA) is 37.0 Å². The molecule has 1 heterocycles. The van der Waals surface area contributed by atoms with Crippen LogP contribution in [-0.2, 0) is 6.54 Å². The van der Waals surface area contributed by atoms with E-state index in [9.17, 15) is 4.39 Å². The molecular weight excluding hydrogens is 241 g/mol. The Bertz CT molecular complexity index is 410. The predicted molar refractivity (Wildman–Crippen MR) is 78.7 cm³/mol. The second-order valence-corrected chi connectivity index (χ2v) is 6.41. The minimum Gasteiger partial charge on any atom is -0.365 e. The molecule has 1 atom stereocenters. The number of nitrogens with one attached hydrogen (secondary N) is 2. The van der Waals surface area contributed by atoms with Gasteiger partial charge in [-0.2, -0.15) is 0 Å². The van der Waals surface area contributed by atoms with E-state index in [4.69, 9.17) is 0 Å². The van der Waals surface area contributed by atoms with Crippen LogP contribution in [0.3, 0.4) is 0 Å². The molecule has 1 unspecified atom stereocenters. The SMILES string of the molecule is CC(C)C(C)Nc1nccc(CNC(C)(C)C)c1F. The summed E-state index contributed by atoms with van der Waals surface area (Å²) in [6, 6.07) is 1.91. The van der Waals surface area contributed by atoms with Gasteiger partial charge in [-0.1, -0.05) is 13.8 Å². The van der Waals surface area contributed by atoms with Gasteiger partial charge in [0.2, 0.25) is 0 Å². The molecule has 0 aliphatic heterocycles. The first-order valence-electron chi connectivity index (χ1n) is 6.85. The Morgan fingerprint density at radius 3 is 2.42 bits per heavy atom. The Kier molecular flexibility index (Phi) is 5.29. The van der Waals surface area contributed by atoms with E-state index < -0.39 is 0 Å². The van der Waals surface area contributed by atoms with E-state index in [2.05, 4.69) is 50.2 Å². The van der Waals surface area contributed by atoms with Crippen molar-refractivity contribution in [1.82, 2.24) is 10.3 Å². The molecule has 0 amide bonds. The molecule has 3 nitrogen and oxygen atoms in total. The molecule has 0 spiro atoms. The van der Waals surface area contributed by atoms with Crippen molar-refractivity contribution in [3.8, 4) is 0 Å². The molecule has 0 saturated heterocycles. The van der Waals surface area contributed by atoms with Gasteiger partial charge in [0.15, 0.2) is 11.6 Å². The van der Waals surface area contributed by atoms with E-state index >= 15 is 0 Å². The molecule has 19 heavy (non-hydrogen) atoms. The summed E-state index contributed by atoms with van der Waals surface area (Å²) >= 11 is 0. The lowest BCUT2D eigenvalue weighted by molar-refractivity contribution is 0.418. The van der Waals surface area contributed by atoms with Crippen LogP contribution in [0.2, 0.25) is 0 Å². The summed E-state index contributed by atoms with van der Waals surface area (Å²) in [5.41, 5.74) is 0.609. The minimum absolute atomic E-state index is 0.0332. The van der Waals surface area contributed by atoms with Gasteiger partial charge in [0, 0.05) is 29.9 Å². The Hall–Kier alpha value is -1.16. The maximum Gasteiger partial charge on any atom is 0.169 e. The number of pyridine rings is 1. The normalized spacial score (nSPS) is 13.7. The average molecular weight is 267 g/mol. The van der Waals surface area contributed by atoms with Gasteiger partial charge in [0.05, 0.1) is 0 Å². The van der Waals surface area contributed by atoms with Crippen molar-refractivity contribution in [2.24, 2.45) is 5.92 Å². The number of halogens is 1. The lowest BCUT2D eigenvalue weighted by Crippen LogP contribution is -2.35. The van der Waals surface area contributed by atoms with E-state index in [1.807, 2.05) is 6.92 Å². The number of nitrogens with zero attached hydrogens (tertiary/aromatic N) is 1. The molecule has 0 bridgehead atoms. The molecule has 0 aliphatic rings. The summed E-state index contributed by atoms with van der Waals surface area (Å²) in [4.78, 5) is 4.09. The molecule has 108 valence electrons. The fraction of sp³-hybridized carbons (Fsp3) is 0.667. The minimum atomic E-state index is -0.258. The molecule has 4 heteroatoms.